The molecule has 0 aliphatic heterocycles. The molecule has 0 spiro atoms. The Balaban J connectivity index is 5.80. The first-order valence-corrected chi connectivity index (χ1v) is 12.3. The summed E-state index contributed by atoms with van der Waals surface area (Å²) >= 11 is 9.59. The van der Waals surface area contributed by atoms with Crippen LogP contribution in [0.25, 0.3) is 0 Å². The first-order chi connectivity index (χ1) is 16.0. The van der Waals surface area contributed by atoms with Gasteiger partial charge in [0, 0.05) is 6.61 Å². The molecule has 0 saturated carbocycles. The molecule has 1 N–H and O–H groups in total. The molecule has 0 rings (SSSR count). The van der Waals surface area contributed by atoms with Crippen LogP contribution < -0.4 is 0 Å². The van der Waals surface area contributed by atoms with Crippen LogP contribution in [0.3, 0.4) is 0 Å². The molecule has 0 aromatic carbocycles. The highest BCUT2D eigenvalue weighted by atomic mass is 79.9. The van der Waals surface area contributed by atoms with Crippen LogP contribution in [0.5, 0.6) is 0 Å². The molecule has 35 heavy (non-hydrogen) atoms. The van der Waals surface area contributed by atoms with Gasteiger partial charge in [-0.05, 0) is 54.4 Å². The zero-order chi connectivity index (χ0) is 27.5. The number of esters is 4. The van der Waals surface area contributed by atoms with Crippen LogP contribution in [0.1, 0.15) is 54.4 Å². The molecule has 0 heterocycles. The zero-order valence-corrected chi connectivity index (χ0v) is 23.9. The zero-order valence-electron chi connectivity index (χ0n) is 21.5. The highest BCUT2D eigenvalue weighted by Crippen LogP contribution is 2.44. The van der Waals surface area contributed by atoms with E-state index in [1.807, 2.05) is 0 Å². The lowest BCUT2D eigenvalue weighted by molar-refractivity contribution is -0.171. The molecule has 0 saturated heterocycles. The lowest BCUT2D eigenvalue weighted by atomic mass is 9.69. The van der Waals surface area contributed by atoms with Gasteiger partial charge in [-0.25, -0.2) is 0 Å². The lowest BCUT2D eigenvalue weighted by Gasteiger charge is -2.38. The monoisotopic (exact) mass is 588 g/mol. The van der Waals surface area contributed by atoms with E-state index >= 15 is 0 Å². The standard InChI is InChI=1S/C23H38BrClO10/c1-8-32-15-22(5,18(29)35-12-11-34-16(27)20(2,3)24)13-21(4,17(28)33-10-9-26)14-23(6,25)19(30)31-7/h26H,8-15H2,1-7H3. The van der Waals surface area contributed by atoms with Crippen LogP contribution in [-0.4, -0.2) is 84.9 Å². The lowest BCUT2D eigenvalue weighted by Crippen LogP contribution is -2.47. The first kappa shape index (κ1) is 33.6. The maximum absolute atomic E-state index is 13.1. The van der Waals surface area contributed by atoms with Gasteiger partial charge >= 0.3 is 23.9 Å². The summed E-state index contributed by atoms with van der Waals surface area (Å²) in [5.41, 5.74) is -2.82. The third-order valence-corrected chi connectivity index (χ3v) is 5.70. The smallest absolute Gasteiger partial charge is 0.326 e. The molecule has 0 aromatic heterocycles. The van der Waals surface area contributed by atoms with Crippen molar-refractivity contribution in [2.45, 2.75) is 63.6 Å². The van der Waals surface area contributed by atoms with Gasteiger partial charge in [0.25, 0.3) is 0 Å². The summed E-state index contributed by atoms with van der Waals surface area (Å²) in [5, 5.41) is 9.08. The molecular weight excluding hydrogens is 552 g/mol. The molecule has 3 unspecified atom stereocenters. The van der Waals surface area contributed by atoms with Gasteiger partial charge in [-0.15, -0.1) is 11.6 Å². The van der Waals surface area contributed by atoms with Gasteiger partial charge in [0.2, 0.25) is 0 Å². The molecule has 204 valence electrons. The summed E-state index contributed by atoms with van der Waals surface area (Å²) in [5.74, 6) is -2.73. The fourth-order valence-electron chi connectivity index (χ4n) is 3.52. The number of ether oxygens (including phenoxy) is 5. The van der Waals surface area contributed by atoms with E-state index in [0.717, 1.165) is 0 Å². The van der Waals surface area contributed by atoms with E-state index in [1.165, 1.54) is 21.0 Å². The van der Waals surface area contributed by atoms with Crippen molar-refractivity contribution >= 4 is 51.4 Å². The van der Waals surface area contributed by atoms with Gasteiger partial charge in [0.1, 0.15) is 29.0 Å². The number of aliphatic hydroxyl groups excluding tert-OH is 1. The first-order valence-electron chi connectivity index (χ1n) is 11.2. The summed E-state index contributed by atoms with van der Waals surface area (Å²) in [4.78, 5) is 48.6. The second-order valence-corrected chi connectivity index (χ2v) is 12.2. The van der Waals surface area contributed by atoms with Crippen LogP contribution in [0.2, 0.25) is 0 Å². The second kappa shape index (κ2) is 14.3. The number of hydrogen-bond acceptors (Lipinski definition) is 10. The highest BCUT2D eigenvalue weighted by molar-refractivity contribution is 9.10. The van der Waals surface area contributed by atoms with Gasteiger partial charge in [0.15, 0.2) is 0 Å². The van der Waals surface area contributed by atoms with Crippen molar-refractivity contribution in [2.75, 3.05) is 46.8 Å². The molecule has 0 radical (unpaired) electrons. The third kappa shape index (κ3) is 11.0. The number of halogens is 2. The minimum Gasteiger partial charge on any atom is -0.468 e. The minimum atomic E-state index is -1.60. The number of carbonyl (C=O) groups is 4. The topological polar surface area (TPSA) is 135 Å². The quantitative estimate of drug-likeness (QED) is 0.124. The van der Waals surface area contributed by atoms with Crippen molar-refractivity contribution in [1.82, 2.24) is 0 Å². The van der Waals surface area contributed by atoms with E-state index in [0.29, 0.717) is 6.61 Å². The normalized spacial score (nSPS) is 16.7. The third-order valence-electron chi connectivity index (χ3n) is 5.08. The molecule has 0 amide bonds. The van der Waals surface area contributed by atoms with E-state index in [9.17, 15) is 19.2 Å². The molecule has 0 fully saturated rings. The Bertz CT molecular complexity index is 736. The Hall–Kier alpha value is -1.43. The number of alkyl halides is 2. The highest BCUT2D eigenvalue weighted by Gasteiger charge is 2.51. The van der Waals surface area contributed by atoms with Crippen LogP contribution in [-0.2, 0) is 42.9 Å². The van der Waals surface area contributed by atoms with E-state index in [-0.39, 0.29) is 39.3 Å². The Morgan fingerprint density at radius 3 is 1.74 bits per heavy atom. The van der Waals surface area contributed by atoms with Crippen molar-refractivity contribution in [2.24, 2.45) is 10.8 Å². The van der Waals surface area contributed by atoms with Crippen molar-refractivity contribution in [3.63, 3.8) is 0 Å². The molecule has 0 bridgehead atoms. The van der Waals surface area contributed by atoms with E-state index < -0.39 is 50.5 Å². The van der Waals surface area contributed by atoms with Crippen molar-refractivity contribution in [1.29, 1.82) is 0 Å². The number of methoxy groups -OCH3 is 1. The van der Waals surface area contributed by atoms with E-state index in [4.69, 9.17) is 40.4 Å². The van der Waals surface area contributed by atoms with E-state index in [1.54, 1.807) is 27.7 Å². The maximum Gasteiger partial charge on any atom is 0.326 e. The molecule has 12 heteroatoms. The summed E-state index contributed by atoms with van der Waals surface area (Å²) in [6, 6.07) is 0. The summed E-state index contributed by atoms with van der Waals surface area (Å²) in [6.07, 6.45) is -0.387. The van der Waals surface area contributed by atoms with Crippen molar-refractivity contribution in [3.05, 3.63) is 0 Å². The fourth-order valence-corrected chi connectivity index (χ4v) is 4.01. The largest absolute Gasteiger partial charge is 0.468 e. The van der Waals surface area contributed by atoms with Crippen molar-refractivity contribution < 1.29 is 48.0 Å². The second-order valence-electron chi connectivity index (χ2n) is 9.40. The van der Waals surface area contributed by atoms with Gasteiger partial charge in [-0.2, -0.15) is 0 Å². The van der Waals surface area contributed by atoms with Gasteiger partial charge in [-0.3, -0.25) is 19.2 Å². The molecular formula is C23H38BrClO10. The molecule has 0 aliphatic carbocycles. The van der Waals surface area contributed by atoms with Crippen LogP contribution in [0, 0.1) is 10.8 Å². The minimum absolute atomic E-state index is 0.101. The molecule has 0 aliphatic rings. The van der Waals surface area contributed by atoms with Crippen LogP contribution in [0.15, 0.2) is 0 Å². The number of hydrogen-bond donors (Lipinski definition) is 1. The average molecular weight is 590 g/mol. The van der Waals surface area contributed by atoms with Crippen LogP contribution >= 0.6 is 27.5 Å². The van der Waals surface area contributed by atoms with Gasteiger partial charge < -0.3 is 28.8 Å². The Morgan fingerprint density at radius 1 is 0.800 bits per heavy atom. The Morgan fingerprint density at radius 2 is 1.29 bits per heavy atom. The van der Waals surface area contributed by atoms with Gasteiger partial charge in [0.05, 0.1) is 31.2 Å². The number of rotatable bonds is 16. The van der Waals surface area contributed by atoms with Gasteiger partial charge in [-0.1, -0.05) is 15.9 Å². The summed E-state index contributed by atoms with van der Waals surface area (Å²) < 4.78 is 24.9. The molecule has 3 atom stereocenters. The van der Waals surface area contributed by atoms with Crippen LogP contribution in [0.4, 0.5) is 0 Å². The fraction of sp³-hybridized carbons (Fsp3) is 0.826. The summed E-state index contributed by atoms with van der Waals surface area (Å²) in [6.45, 7) is 8.59. The summed E-state index contributed by atoms with van der Waals surface area (Å²) in [7, 11) is 1.17. The SMILES string of the molecule is CCOCC(C)(CC(C)(CC(C)(Cl)C(=O)OC)C(=O)OCCO)C(=O)OCCOC(=O)C(C)(C)Br. The Labute approximate surface area is 220 Å². The molecule has 10 nitrogen and oxygen atoms in total. The van der Waals surface area contributed by atoms with Crippen molar-refractivity contribution in [3.8, 4) is 0 Å². The average Bonchev–Trinajstić information content (AvgIpc) is 2.76. The Kier molecular flexibility index (Phi) is 13.8. The molecule has 0 aromatic rings. The number of carbonyl (C=O) groups excluding carboxylic acids is 4. The predicted molar refractivity (Wildman–Crippen MR) is 131 cm³/mol. The predicted octanol–water partition coefficient (Wildman–Crippen LogP) is 2.78. The maximum atomic E-state index is 13.1. The van der Waals surface area contributed by atoms with E-state index in [2.05, 4.69) is 15.9 Å². The number of aliphatic hydroxyl groups is 1.